The summed E-state index contributed by atoms with van der Waals surface area (Å²) in [6.45, 7) is 13.7. The highest BCUT2D eigenvalue weighted by Gasteiger charge is 2.55. The second-order valence-corrected chi connectivity index (χ2v) is 11.4. The van der Waals surface area contributed by atoms with Gasteiger partial charge in [-0.2, -0.15) is 0 Å². The molecule has 0 radical (unpaired) electrons. The van der Waals surface area contributed by atoms with Crippen LogP contribution >= 0.6 is 11.6 Å². The highest BCUT2D eigenvalue weighted by Crippen LogP contribution is 2.38. The molecule has 0 amide bonds. The lowest BCUT2D eigenvalue weighted by Crippen LogP contribution is -2.52. The van der Waals surface area contributed by atoms with Gasteiger partial charge < -0.3 is 18.6 Å². The molecule has 1 heterocycles. The van der Waals surface area contributed by atoms with Crippen LogP contribution < -0.4 is 9.46 Å². The van der Waals surface area contributed by atoms with Crippen molar-refractivity contribution < 1.29 is 23.0 Å². The summed E-state index contributed by atoms with van der Waals surface area (Å²) in [6.07, 6.45) is 0.417. The summed E-state index contributed by atoms with van der Waals surface area (Å²) < 4.78 is 47.0. The molecule has 2 rings (SSSR count). The first-order chi connectivity index (χ1) is 12.7. The smallest absolute Gasteiger partial charge is 0.480 e. The van der Waals surface area contributed by atoms with Gasteiger partial charge in [0, 0.05) is 16.4 Å². The molecule has 1 unspecified atom stereocenters. The number of nitrogens with one attached hydrogen (secondary N) is 1. The fourth-order valence-electron chi connectivity index (χ4n) is 2.51. The van der Waals surface area contributed by atoms with Crippen LogP contribution in [0.1, 0.15) is 54.9 Å². The lowest BCUT2D eigenvalue weighted by molar-refractivity contribution is 0.00578. The number of halogens is 2. The van der Waals surface area contributed by atoms with E-state index in [1.165, 1.54) is 12.1 Å². The Balaban J connectivity index is 2.08. The fraction of sp³-hybridized carbons (Fsp3) is 0.684. The van der Waals surface area contributed by atoms with Crippen LogP contribution in [0.5, 0.6) is 5.75 Å². The number of hydrogen-bond acceptors (Lipinski definition) is 5. The van der Waals surface area contributed by atoms with E-state index in [2.05, 4.69) is 4.72 Å². The van der Waals surface area contributed by atoms with Crippen LogP contribution in [-0.4, -0.2) is 40.2 Å². The molecule has 0 bridgehead atoms. The third-order valence-corrected chi connectivity index (χ3v) is 6.86. The highest BCUT2D eigenvalue weighted by molar-refractivity contribution is 7.90. The average Bonchev–Trinajstić information content (AvgIpc) is 2.75. The molecule has 1 N–H and O–H groups in total. The lowest BCUT2D eigenvalue weighted by atomic mass is 9.77. The number of rotatable bonds is 7. The van der Waals surface area contributed by atoms with Crippen molar-refractivity contribution in [3.05, 3.63) is 29.0 Å². The summed E-state index contributed by atoms with van der Waals surface area (Å²) in [5.41, 5.74) is -1.02. The Morgan fingerprint density at radius 1 is 1.25 bits per heavy atom. The summed E-state index contributed by atoms with van der Waals surface area (Å²) >= 11 is 4.44. The normalized spacial score (nSPS) is 20.9. The Bertz CT molecular complexity index is 670. The van der Waals surface area contributed by atoms with Crippen molar-refractivity contribution >= 4 is 30.1 Å². The van der Waals surface area contributed by atoms with Gasteiger partial charge in [0.25, 0.3) is 0 Å². The molecule has 9 heteroatoms. The number of benzene rings is 1. The zero-order chi connectivity index (χ0) is 21.3. The van der Waals surface area contributed by atoms with E-state index in [-0.39, 0.29) is 12.4 Å². The fourth-order valence-corrected chi connectivity index (χ4v) is 3.52. The van der Waals surface area contributed by atoms with Gasteiger partial charge in [-0.25, -0.2) is 4.39 Å². The van der Waals surface area contributed by atoms with Crippen molar-refractivity contribution in [3.8, 4) is 5.75 Å². The van der Waals surface area contributed by atoms with E-state index in [0.29, 0.717) is 11.4 Å². The van der Waals surface area contributed by atoms with E-state index in [1.807, 2.05) is 48.5 Å². The van der Waals surface area contributed by atoms with Gasteiger partial charge in [0.05, 0.1) is 23.8 Å². The Morgan fingerprint density at radius 3 is 2.32 bits per heavy atom. The molecular weight excluding hydrogens is 404 g/mol. The van der Waals surface area contributed by atoms with E-state index in [1.54, 1.807) is 6.07 Å². The van der Waals surface area contributed by atoms with Crippen molar-refractivity contribution in [2.24, 2.45) is 0 Å². The Morgan fingerprint density at radius 2 is 1.82 bits per heavy atom. The molecule has 158 valence electrons. The first-order valence-corrected chi connectivity index (χ1v) is 10.9. The van der Waals surface area contributed by atoms with Gasteiger partial charge in [0.15, 0.2) is 11.6 Å². The third kappa shape index (κ3) is 5.77. The van der Waals surface area contributed by atoms with Crippen LogP contribution in [-0.2, 0) is 20.7 Å². The van der Waals surface area contributed by atoms with E-state index in [4.69, 9.17) is 25.6 Å². The van der Waals surface area contributed by atoms with Crippen LogP contribution in [0.15, 0.2) is 18.2 Å². The van der Waals surface area contributed by atoms with Gasteiger partial charge in [0.1, 0.15) is 4.75 Å². The molecule has 5 nitrogen and oxygen atoms in total. The van der Waals surface area contributed by atoms with Gasteiger partial charge in [0.2, 0.25) is 0 Å². The van der Waals surface area contributed by atoms with Crippen LogP contribution in [0.4, 0.5) is 4.39 Å². The molecule has 1 aliphatic heterocycles. The monoisotopic (exact) mass is 433 g/mol. The van der Waals surface area contributed by atoms with Crippen molar-refractivity contribution in [3.63, 3.8) is 0 Å². The molecule has 1 aromatic rings. The minimum absolute atomic E-state index is 0.119. The standard InChI is InChI=1S/C19H30BClFNO4S/c1-17(2,3)28(24)23-16(20-26-18(4,5)19(6,7)27-20)10-11-25-15-9-8-13(21)12-14(15)22/h8-9,12,16,23H,10-11H2,1-7H3/t16-,28?/m0/s1. The van der Waals surface area contributed by atoms with E-state index < -0.39 is 46.2 Å². The molecule has 0 saturated carbocycles. The molecule has 0 spiro atoms. The van der Waals surface area contributed by atoms with Gasteiger partial charge in [-0.1, -0.05) is 11.6 Å². The van der Waals surface area contributed by atoms with Gasteiger partial charge >= 0.3 is 7.12 Å². The molecular formula is C19H30BClFNO4S. The predicted octanol–water partition coefficient (Wildman–Crippen LogP) is 4.30. The maximum absolute atomic E-state index is 13.9. The van der Waals surface area contributed by atoms with Crippen molar-refractivity contribution in [2.75, 3.05) is 6.61 Å². The van der Waals surface area contributed by atoms with Crippen LogP contribution in [0.25, 0.3) is 0 Å². The Labute approximate surface area is 176 Å². The lowest BCUT2D eigenvalue weighted by Gasteiger charge is -2.32. The van der Waals surface area contributed by atoms with Crippen LogP contribution in [0.3, 0.4) is 0 Å². The molecule has 2 atom stereocenters. The molecule has 0 aromatic heterocycles. The predicted molar refractivity (Wildman–Crippen MR) is 112 cm³/mol. The summed E-state index contributed by atoms with van der Waals surface area (Å²) in [7, 11) is -0.602. The molecule has 1 aliphatic rings. The Hall–Kier alpha value is -0.505. The van der Waals surface area contributed by atoms with Gasteiger partial charge in [-0.3, -0.25) is 0 Å². The van der Waals surface area contributed by atoms with Crippen molar-refractivity contribution in [1.29, 1.82) is 0 Å². The maximum atomic E-state index is 13.9. The largest absolute Gasteiger partial charge is 0.598 e. The molecule has 1 fully saturated rings. The molecule has 28 heavy (non-hydrogen) atoms. The minimum atomic E-state index is -1.33. The topological polar surface area (TPSA) is 62.8 Å². The van der Waals surface area contributed by atoms with Crippen molar-refractivity contribution in [1.82, 2.24) is 4.72 Å². The van der Waals surface area contributed by atoms with Gasteiger partial charge in [-0.15, -0.1) is 4.72 Å². The molecule has 1 aromatic carbocycles. The highest BCUT2D eigenvalue weighted by atomic mass is 35.5. The molecule has 0 aliphatic carbocycles. The van der Waals surface area contributed by atoms with E-state index in [0.717, 1.165) is 0 Å². The zero-order valence-electron chi connectivity index (χ0n) is 17.6. The number of hydrogen-bond donors (Lipinski definition) is 1. The summed E-state index contributed by atoms with van der Waals surface area (Å²) in [5.74, 6) is -0.795. The maximum Gasteiger partial charge on any atom is 0.480 e. The SMILES string of the molecule is CC(C)(C)[S+]([O-])N[C@@H](CCOc1ccc(Cl)cc1F)B1OC(C)(C)C(C)(C)O1. The Kier molecular flexibility index (Phi) is 7.38. The van der Waals surface area contributed by atoms with Crippen LogP contribution in [0, 0.1) is 5.82 Å². The van der Waals surface area contributed by atoms with E-state index in [9.17, 15) is 8.94 Å². The van der Waals surface area contributed by atoms with E-state index >= 15 is 0 Å². The number of ether oxygens (including phenoxy) is 1. The third-order valence-electron chi connectivity index (χ3n) is 4.99. The second-order valence-electron chi connectivity index (χ2n) is 8.94. The first kappa shape index (κ1) is 23.8. The summed E-state index contributed by atoms with van der Waals surface area (Å²) in [5, 5.41) is 0.308. The summed E-state index contributed by atoms with van der Waals surface area (Å²) in [6, 6.07) is 4.26. The van der Waals surface area contributed by atoms with Crippen LogP contribution in [0.2, 0.25) is 5.02 Å². The molecule has 1 saturated heterocycles. The second kappa shape index (κ2) is 8.70. The summed E-state index contributed by atoms with van der Waals surface area (Å²) in [4.78, 5) is 0. The van der Waals surface area contributed by atoms with Crippen molar-refractivity contribution in [2.45, 2.75) is 76.8 Å². The zero-order valence-corrected chi connectivity index (χ0v) is 19.2. The quantitative estimate of drug-likeness (QED) is 0.513. The first-order valence-electron chi connectivity index (χ1n) is 9.34. The minimum Gasteiger partial charge on any atom is -0.598 e. The van der Waals surface area contributed by atoms with Gasteiger partial charge in [-0.05, 0) is 73.1 Å². The average molecular weight is 434 g/mol.